The maximum Gasteiger partial charge on any atom is 0.228 e. The van der Waals surface area contributed by atoms with Crippen molar-refractivity contribution in [2.75, 3.05) is 25.0 Å². The zero-order chi connectivity index (χ0) is 13.3. The third-order valence-corrected chi connectivity index (χ3v) is 3.72. The summed E-state index contributed by atoms with van der Waals surface area (Å²) in [6.45, 7) is 5.66. The summed E-state index contributed by atoms with van der Waals surface area (Å²) in [4.78, 5) is 14.1. The van der Waals surface area contributed by atoms with Crippen molar-refractivity contribution < 1.29 is 4.79 Å². The molecule has 1 amide bonds. The van der Waals surface area contributed by atoms with Crippen LogP contribution in [0.25, 0.3) is 0 Å². The number of carbonyl (C=O) groups is 1. The lowest BCUT2D eigenvalue weighted by Gasteiger charge is -2.21. The second-order valence-electron chi connectivity index (χ2n) is 5.35. The van der Waals surface area contributed by atoms with Gasteiger partial charge in [0.05, 0.1) is 0 Å². The molecule has 0 saturated heterocycles. The fraction of sp³-hybridized carbons (Fsp3) is 0.500. The van der Waals surface area contributed by atoms with Crippen LogP contribution in [0.3, 0.4) is 0 Å². The van der Waals surface area contributed by atoms with Gasteiger partial charge in [0.15, 0.2) is 0 Å². The van der Waals surface area contributed by atoms with Gasteiger partial charge < -0.3 is 10.2 Å². The van der Waals surface area contributed by atoms with Gasteiger partial charge >= 0.3 is 0 Å². The first-order chi connectivity index (χ1) is 8.47. The molecule has 0 fully saturated rings. The minimum Gasteiger partial charge on any atom is -0.319 e. The Morgan fingerprint density at radius 2 is 2.16 bits per heavy atom. The van der Waals surface area contributed by atoms with Crippen LogP contribution in [0.1, 0.15) is 25.8 Å². The van der Waals surface area contributed by atoms with E-state index in [-0.39, 0.29) is 23.7 Å². The molecule has 1 aromatic carbocycles. The van der Waals surface area contributed by atoms with Crippen LogP contribution in [-0.4, -0.2) is 26.0 Å². The van der Waals surface area contributed by atoms with Crippen LogP contribution in [0.4, 0.5) is 5.69 Å². The molecule has 2 rings (SSSR count). The molecule has 0 aliphatic carbocycles. The highest BCUT2D eigenvalue weighted by atomic mass is 35.5. The number of rotatable bonds is 3. The van der Waals surface area contributed by atoms with E-state index in [1.165, 1.54) is 0 Å². The molecular formula is C14H20Cl2N2O. The van der Waals surface area contributed by atoms with Crippen molar-refractivity contribution in [3.05, 3.63) is 28.8 Å². The Balaban J connectivity index is 0.00000180. The van der Waals surface area contributed by atoms with E-state index in [1.807, 2.05) is 30.1 Å². The number of nitrogens with zero attached hydrogens (tertiary/aromatic N) is 1. The van der Waals surface area contributed by atoms with Gasteiger partial charge in [-0.3, -0.25) is 4.79 Å². The summed E-state index contributed by atoms with van der Waals surface area (Å²) in [5, 5.41) is 3.76. The lowest BCUT2D eigenvalue weighted by molar-refractivity contribution is -0.118. The van der Waals surface area contributed by atoms with Crippen molar-refractivity contribution in [2.45, 2.75) is 25.7 Å². The molecule has 3 nitrogen and oxygen atoms in total. The summed E-state index contributed by atoms with van der Waals surface area (Å²) in [6, 6.07) is 5.78. The topological polar surface area (TPSA) is 32.3 Å². The van der Waals surface area contributed by atoms with Crippen LogP contribution in [0.2, 0.25) is 5.02 Å². The van der Waals surface area contributed by atoms with Gasteiger partial charge in [-0.15, -0.1) is 12.4 Å². The molecule has 1 aromatic rings. The average Bonchev–Trinajstić information content (AvgIpc) is 2.59. The van der Waals surface area contributed by atoms with Crippen LogP contribution < -0.4 is 10.2 Å². The fourth-order valence-electron chi connectivity index (χ4n) is 2.56. The fourth-order valence-corrected chi connectivity index (χ4v) is 2.98. The van der Waals surface area contributed by atoms with Crippen LogP contribution in [0.5, 0.6) is 0 Å². The molecule has 0 spiro atoms. The van der Waals surface area contributed by atoms with Gasteiger partial charge in [0.2, 0.25) is 5.91 Å². The maximum absolute atomic E-state index is 12.2. The maximum atomic E-state index is 12.2. The molecule has 1 aliphatic heterocycles. The molecule has 0 atom stereocenters. The van der Waals surface area contributed by atoms with E-state index in [9.17, 15) is 4.79 Å². The number of fused-ring (bicyclic) bond motifs is 1. The van der Waals surface area contributed by atoms with Gasteiger partial charge in [0, 0.05) is 41.2 Å². The second-order valence-corrected chi connectivity index (χ2v) is 5.76. The minimum absolute atomic E-state index is 0. The Bertz CT molecular complexity index is 475. The highest BCUT2D eigenvalue weighted by molar-refractivity contribution is 6.32. The lowest BCUT2D eigenvalue weighted by atomic mass is 9.87. The predicted molar refractivity (Wildman–Crippen MR) is 82.6 cm³/mol. The Hall–Kier alpha value is -0.770. The Labute approximate surface area is 125 Å². The quantitative estimate of drug-likeness (QED) is 0.931. The lowest BCUT2D eigenvalue weighted by Crippen LogP contribution is -2.35. The van der Waals surface area contributed by atoms with E-state index in [0.29, 0.717) is 19.5 Å². The van der Waals surface area contributed by atoms with Crippen LogP contribution >= 0.6 is 24.0 Å². The SMILES string of the molecule is CNCCC(=O)N1CC(C)(C)c2c(Cl)cccc21.Cl. The van der Waals surface area contributed by atoms with Gasteiger partial charge in [0.25, 0.3) is 0 Å². The molecule has 0 radical (unpaired) electrons. The number of hydrogen-bond donors (Lipinski definition) is 1. The first-order valence-electron chi connectivity index (χ1n) is 6.21. The number of nitrogens with one attached hydrogen (secondary N) is 1. The third-order valence-electron chi connectivity index (χ3n) is 3.40. The normalized spacial score (nSPS) is 15.9. The molecule has 0 aromatic heterocycles. The number of anilines is 1. The number of amides is 1. The summed E-state index contributed by atoms with van der Waals surface area (Å²) in [5.41, 5.74) is 1.97. The summed E-state index contributed by atoms with van der Waals surface area (Å²) in [6.07, 6.45) is 0.512. The molecule has 1 heterocycles. The van der Waals surface area contributed by atoms with Crippen molar-refractivity contribution in [2.24, 2.45) is 0 Å². The van der Waals surface area contributed by atoms with E-state index in [4.69, 9.17) is 11.6 Å². The molecule has 0 unspecified atom stereocenters. The van der Waals surface area contributed by atoms with Crippen molar-refractivity contribution in [1.29, 1.82) is 0 Å². The molecule has 0 saturated carbocycles. The first kappa shape index (κ1) is 16.3. The molecule has 106 valence electrons. The number of hydrogen-bond acceptors (Lipinski definition) is 2. The van der Waals surface area contributed by atoms with Crippen molar-refractivity contribution in [3.8, 4) is 0 Å². The molecular weight excluding hydrogens is 283 g/mol. The molecule has 5 heteroatoms. The minimum atomic E-state index is -0.0804. The monoisotopic (exact) mass is 302 g/mol. The number of benzene rings is 1. The van der Waals surface area contributed by atoms with Gasteiger partial charge in [0.1, 0.15) is 0 Å². The van der Waals surface area contributed by atoms with Gasteiger partial charge in [-0.05, 0) is 19.2 Å². The zero-order valence-corrected chi connectivity index (χ0v) is 13.1. The zero-order valence-electron chi connectivity index (χ0n) is 11.5. The van der Waals surface area contributed by atoms with Gasteiger partial charge in [-0.1, -0.05) is 31.5 Å². The predicted octanol–water partition coefficient (Wildman–Crippen LogP) is 3.00. The van der Waals surface area contributed by atoms with E-state index in [2.05, 4.69) is 19.2 Å². The Morgan fingerprint density at radius 1 is 1.47 bits per heavy atom. The van der Waals surface area contributed by atoms with E-state index < -0.39 is 0 Å². The largest absolute Gasteiger partial charge is 0.319 e. The van der Waals surface area contributed by atoms with Gasteiger partial charge in [-0.2, -0.15) is 0 Å². The van der Waals surface area contributed by atoms with Crippen LogP contribution in [0.15, 0.2) is 18.2 Å². The van der Waals surface area contributed by atoms with Crippen molar-refractivity contribution in [1.82, 2.24) is 5.32 Å². The summed E-state index contributed by atoms with van der Waals surface area (Å²) in [7, 11) is 1.85. The average molecular weight is 303 g/mol. The molecule has 1 aliphatic rings. The summed E-state index contributed by atoms with van der Waals surface area (Å²) < 4.78 is 0. The van der Waals surface area contributed by atoms with E-state index >= 15 is 0 Å². The third kappa shape index (κ3) is 3.04. The smallest absolute Gasteiger partial charge is 0.228 e. The highest BCUT2D eigenvalue weighted by Crippen LogP contribution is 2.44. The summed E-state index contributed by atoms with van der Waals surface area (Å²) >= 11 is 6.28. The highest BCUT2D eigenvalue weighted by Gasteiger charge is 2.39. The van der Waals surface area contributed by atoms with E-state index in [0.717, 1.165) is 16.3 Å². The van der Waals surface area contributed by atoms with Crippen molar-refractivity contribution in [3.63, 3.8) is 0 Å². The van der Waals surface area contributed by atoms with E-state index in [1.54, 1.807) is 0 Å². The Kier molecular flexibility index (Phi) is 5.25. The summed E-state index contributed by atoms with van der Waals surface area (Å²) in [5.74, 6) is 0.151. The van der Waals surface area contributed by atoms with Crippen molar-refractivity contribution >= 4 is 35.6 Å². The molecule has 0 bridgehead atoms. The van der Waals surface area contributed by atoms with Crippen LogP contribution in [0, 0.1) is 0 Å². The number of halogens is 2. The molecule has 19 heavy (non-hydrogen) atoms. The van der Waals surface area contributed by atoms with Gasteiger partial charge in [-0.25, -0.2) is 0 Å². The molecule has 1 N–H and O–H groups in total. The first-order valence-corrected chi connectivity index (χ1v) is 6.59. The number of carbonyl (C=O) groups excluding carboxylic acids is 1. The standard InChI is InChI=1S/C14H19ClN2O.ClH/c1-14(2)9-17(12(18)7-8-16-3)11-6-4-5-10(15)13(11)14;/h4-6,16H,7-9H2,1-3H3;1H. The Morgan fingerprint density at radius 3 is 2.79 bits per heavy atom. The van der Waals surface area contributed by atoms with Crippen LogP contribution in [-0.2, 0) is 10.2 Å². The second kappa shape index (κ2) is 6.12.